The molecule has 4 atom stereocenters. The van der Waals surface area contributed by atoms with E-state index < -0.39 is 15.9 Å². The largest absolute Gasteiger partial charge is 0.460 e. The number of ether oxygens (including phenoxy) is 2. The lowest BCUT2D eigenvalue weighted by Gasteiger charge is -2.35. The first-order valence-electron chi connectivity index (χ1n) is 7.46. The van der Waals surface area contributed by atoms with Crippen LogP contribution in [0.5, 0.6) is 5.75 Å². The minimum atomic E-state index is -3.75. The Hall–Kier alpha value is -1.11. The Morgan fingerprint density at radius 3 is 2.43 bits per heavy atom. The zero-order chi connectivity index (χ0) is 14.2. The summed E-state index contributed by atoms with van der Waals surface area (Å²) in [4.78, 5) is 0.131. The smallest absolute Gasteiger partial charge is 0.304 e. The van der Waals surface area contributed by atoms with Crippen LogP contribution in [-0.4, -0.2) is 26.4 Å². The van der Waals surface area contributed by atoms with Crippen molar-refractivity contribution < 1.29 is 22.1 Å². The van der Waals surface area contributed by atoms with Crippen molar-refractivity contribution in [2.45, 2.75) is 48.6 Å². The minimum absolute atomic E-state index is 0.131. The second kappa shape index (κ2) is 3.80. The summed E-state index contributed by atoms with van der Waals surface area (Å²) in [5.74, 6) is 0.123. The van der Waals surface area contributed by atoms with Gasteiger partial charge in [0, 0.05) is 12.8 Å². The molecule has 1 aromatic rings. The predicted molar refractivity (Wildman–Crippen MR) is 72.2 cm³/mol. The number of fused-ring (bicyclic) bond motifs is 6. The molecule has 2 saturated heterocycles. The molecule has 21 heavy (non-hydrogen) atoms. The van der Waals surface area contributed by atoms with Gasteiger partial charge in [-0.3, -0.25) is 0 Å². The number of hydrogen-bond donors (Lipinski definition) is 0. The average molecular weight is 308 g/mol. The molecule has 0 aromatic heterocycles. The van der Waals surface area contributed by atoms with E-state index in [1.165, 1.54) is 6.07 Å². The molecule has 4 unspecified atom stereocenters. The lowest BCUT2D eigenvalue weighted by Crippen LogP contribution is -2.43. The van der Waals surface area contributed by atoms with Gasteiger partial charge in [0.2, 0.25) is 5.79 Å². The molecule has 0 radical (unpaired) electrons. The molecular weight excluding hydrogens is 292 g/mol. The van der Waals surface area contributed by atoms with Crippen molar-refractivity contribution in [3.63, 3.8) is 0 Å². The van der Waals surface area contributed by atoms with Gasteiger partial charge in [-0.05, 0) is 36.8 Å². The lowest BCUT2D eigenvalue weighted by atomic mass is 9.82. The first kappa shape index (κ1) is 12.4. The minimum Gasteiger partial charge on any atom is -0.460 e. The van der Waals surface area contributed by atoms with Crippen molar-refractivity contribution in [3.8, 4) is 5.75 Å². The van der Waals surface area contributed by atoms with Gasteiger partial charge in [0.25, 0.3) is 0 Å². The maximum atomic E-state index is 12.4. The molecule has 3 heterocycles. The van der Waals surface area contributed by atoms with Gasteiger partial charge in [0.1, 0.15) is 10.6 Å². The van der Waals surface area contributed by atoms with Crippen molar-refractivity contribution in [1.29, 1.82) is 0 Å². The third-order valence-electron chi connectivity index (χ3n) is 5.36. The van der Waals surface area contributed by atoms with E-state index in [2.05, 4.69) is 0 Å². The Morgan fingerprint density at radius 2 is 1.71 bits per heavy atom. The Kier molecular flexibility index (Phi) is 2.25. The monoisotopic (exact) mass is 308 g/mol. The molecule has 1 saturated carbocycles. The van der Waals surface area contributed by atoms with E-state index >= 15 is 0 Å². The molecule has 2 bridgehead atoms. The van der Waals surface area contributed by atoms with Crippen molar-refractivity contribution in [3.05, 3.63) is 24.3 Å². The Balaban J connectivity index is 1.55. The normalized spacial score (nSPS) is 45.3. The molecule has 5 rings (SSSR count). The van der Waals surface area contributed by atoms with Gasteiger partial charge in [-0.1, -0.05) is 12.1 Å². The quantitative estimate of drug-likeness (QED) is 0.687. The molecule has 3 aliphatic heterocycles. The summed E-state index contributed by atoms with van der Waals surface area (Å²) in [6.07, 6.45) is 3.87. The van der Waals surface area contributed by atoms with Crippen LogP contribution >= 0.6 is 0 Å². The maximum Gasteiger partial charge on any atom is 0.304 e. The SMILES string of the molecule is O=S1(=O)OC2(CC3C4CCC(O4)C3C2)Oc2ccccc21. The highest BCUT2D eigenvalue weighted by Crippen LogP contribution is 2.57. The van der Waals surface area contributed by atoms with Crippen molar-refractivity contribution in [1.82, 2.24) is 0 Å². The van der Waals surface area contributed by atoms with Crippen molar-refractivity contribution in [2.24, 2.45) is 11.8 Å². The molecule has 6 heteroatoms. The van der Waals surface area contributed by atoms with E-state index in [1.807, 2.05) is 0 Å². The second-order valence-electron chi connectivity index (χ2n) is 6.52. The van der Waals surface area contributed by atoms with Crippen LogP contribution in [0.25, 0.3) is 0 Å². The summed E-state index contributed by atoms with van der Waals surface area (Å²) < 4.78 is 42.3. The summed E-state index contributed by atoms with van der Waals surface area (Å²) in [7, 11) is -3.75. The fourth-order valence-corrected chi connectivity index (χ4v) is 5.85. The van der Waals surface area contributed by atoms with Gasteiger partial charge < -0.3 is 9.47 Å². The predicted octanol–water partition coefficient (Wildman–Crippen LogP) is 2.07. The lowest BCUT2D eigenvalue weighted by molar-refractivity contribution is -0.126. The second-order valence-corrected chi connectivity index (χ2v) is 8.04. The topological polar surface area (TPSA) is 61.8 Å². The fourth-order valence-electron chi connectivity index (χ4n) is 4.59. The Labute approximate surface area is 123 Å². The van der Waals surface area contributed by atoms with Gasteiger partial charge in [-0.2, -0.15) is 8.42 Å². The molecule has 5 nitrogen and oxygen atoms in total. The average Bonchev–Trinajstić information content (AvgIpc) is 3.09. The van der Waals surface area contributed by atoms with Gasteiger partial charge in [-0.15, -0.1) is 0 Å². The third kappa shape index (κ3) is 1.61. The number of benzene rings is 1. The van der Waals surface area contributed by atoms with Crippen LogP contribution in [-0.2, 0) is 19.0 Å². The van der Waals surface area contributed by atoms with Gasteiger partial charge in [0.15, 0.2) is 0 Å². The van der Waals surface area contributed by atoms with Crippen LogP contribution < -0.4 is 4.74 Å². The maximum absolute atomic E-state index is 12.4. The van der Waals surface area contributed by atoms with E-state index in [0.717, 1.165) is 12.8 Å². The van der Waals surface area contributed by atoms with Gasteiger partial charge in [0.05, 0.1) is 12.2 Å². The summed E-state index contributed by atoms with van der Waals surface area (Å²) in [6, 6.07) is 6.70. The molecule has 0 N–H and O–H groups in total. The summed E-state index contributed by atoms with van der Waals surface area (Å²) in [5.41, 5.74) is 0. The molecule has 1 aromatic carbocycles. The van der Waals surface area contributed by atoms with E-state index in [0.29, 0.717) is 30.4 Å². The molecule has 1 aliphatic carbocycles. The summed E-state index contributed by atoms with van der Waals surface area (Å²) in [5, 5.41) is 0. The van der Waals surface area contributed by atoms with Gasteiger partial charge in [-0.25, -0.2) is 4.18 Å². The molecule has 3 fully saturated rings. The van der Waals surface area contributed by atoms with Crippen molar-refractivity contribution >= 4 is 10.1 Å². The number of hydrogen-bond acceptors (Lipinski definition) is 5. The van der Waals surface area contributed by atoms with E-state index in [9.17, 15) is 8.42 Å². The van der Waals surface area contributed by atoms with Gasteiger partial charge >= 0.3 is 10.1 Å². The van der Waals surface area contributed by atoms with Crippen LogP contribution in [0.4, 0.5) is 0 Å². The summed E-state index contributed by atoms with van der Waals surface area (Å²) in [6.45, 7) is 0. The zero-order valence-corrected chi connectivity index (χ0v) is 12.2. The van der Waals surface area contributed by atoms with Crippen LogP contribution in [0.15, 0.2) is 29.2 Å². The molecule has 1 spiro atoms. The van der Waals surface area contributed by atoms with Crippen LogP contribution in [0, 0.1) is 11.8 Å². The summed E-state index contributed by atoms with van der Waals surface area (Å²) >= 11 is 0. The van der Waals surface area contributed by atoms with E-state index in [4.69, 9.17) is 13.7 Å². The Bertz CT molecular complexity index is 695. The number of para-hydroxylation sites is 1. The van der Waals surface area contributed by atoms with Crippen LogP contribution in [0.1, 0.15) is 25.7 Å². The number of rotatable bonds is 0. The highest BCUT2D eigenvalue weighted by molar-refractivity contribution is 7.87. The molecule has 4 aliphatic rings. The first-order chi connectivity index (χ1) is 10.1. The standard InChI is InChI=1S/C15H16O5S/c16-21(17)14-4-2-1-3-13(14)19-15(20-21)7-9-10(8-15)12-6-5-11(9)18-12/h1-4,9-12H,5-8H2. The van der Waals surface area contributed by atoms with E-state index in [-0.39, 0.29) is 17.1 Å². The molecule has 0 amide bonds. The molecule has 112 valence electrons. The molecular formula is C15H16O5S. The van der Waals surface area contributed by atoms with E-state index in [1.54, 1.807) is 18.2 Å². The van der Waals surface area contributed by atoms with Crippen LogP contribution in [0.2, 0.25) is 0 Å². The highest BCUT2D eigenvalue weighted by atomic mass is 32.2. The Morgan fingerprint density at radius 1 is 1.05 bits per heavy atom. The zero-order valence-electron chi connectivity index (χ0n) is 11.4. The first-order valence-corrected chi connectivity index (χ1v) is 8.86. The third-order valence-corrected chi connectivity index (χ3v) is 6.76. The fraction of sp³-hybridized carbons (Fsp3) is 0.600. The highest BCUT2D eigenvalue weighted by Gasteiger charge is 2.62. The van der Waals surface area contributed by atoms with Crippen LogP contribution in [0.3, 0.4) is 0 Å². The van der Waals surface area contributed by atoms with Crippen molar-refractivity contribution in [2.75, 3.05) is 0 Å².